The predicted molar refractivity (Wildman–Crippen MR) is 304 cm³/mol. The number of hydrogen-bond donors (Lipinski definition) is 3. The van der Waals surface area contributed by atoms with Gasteiger partial charge in [-0.1, -0.05) is 18.2 Å². The molecule has 0 radical (unpaired) electrons. The van der Waals surface area contributed by atoms with Gasteiger partial charge in [-0.25, -0.2) is 26.3 Å². The van der Waals surface area contributed by atoms with E-state index in [-0.39, 0.29) is 126 Å². The smallest absolute Gasteiger partial charge is 0.276 e. The molecule has 90 heavy (non-hydrogen) atoms. The highest BCUT2D eigenvalue weighted by Crippen LogP contribution is 2.36. The number of Topliss-reactive ketones (excluding diaryl/α,β-unsaturated/α-hetero) is 3. The third kappa shape index (κ3) is 11.7. The molecule has 21 nitrogen and oxygen atoms in total. The van der Waals surface area contributed by atoms with Gasteiger partial charge in [0.05, 0.1) is 55.6 Å². The van der Waals surface area contributed by atoms with Crippen LogP contribution in [0.2, 0.25) is 0 Å². The standard InChI is InChI=1S/C22H21F2N3O4.C21H20F2N2O5.C20H18F2N2O5/c23-13-5-3-12(16(24)8-13)4-6-17(28)15-10-25-11-18-26-7-1-2-14(26)9-27(18)22(31)19(25)21(30)20(15)29;1-11-6-7-30-17-10-24-9-14(19(27)20(28)18(24)21(29)25(11)17)16(26)5-3-12-2-4-13(22)8-15(12)23;1-10-9-29-16-8-23-7-13(18(26)19(27)17(23)20(28)24(10)16)15(25)5-3-11-2-4-12(21)6-14(11)22/h3,5,8,10,14,18,30H,1-2,4,6-7,9,11H2;2,4,8-9,11,17,28H,3,5-7,10H2,1H3;2,4,6-7,10,16,27H,3,5,8-9H2,1H3/t14-,18+;11-,17?;10-,16+/m110/s1. The van der Waals surface area contributed by atoms with Gasteiger partial charge in [0.25, 0.3) is 17.7 Å². The lowest BCUT2D eigenvalue weighted by Crippen LogP contribution is -2.57. The van der Waals surface area contributed by atoms with Gasteiger partial charge in [0.1, 0.15) is 41.1 Å². The van der Waals surface area contributed by atoms with E-state index in [0.717, 1.165) is 55.8 Å². The van der Waals surface area contributed by atoms with E-state index in [9.17, 15) is 84.8 Å². The zero-order chi connectivity index (χ0) is 64.3. The van der Waals surface area contributed by atoms with E-state index < -0.39 is 116 Å². The van der Waals surface area contributed by atoms with Gasteiger partial charge in [0.15, 0.2) is 64.1 Å². The molecule has 13 rings (SSSR count). The average Bonchev–Trinajstić information content (AvgIpc) is 1.41. The fourth-order valence-corrected chi connectivity index (χ4v) is 12.8. The fourth-order valence-electron chi connectivity index (χ4n) is 12.8. The minimum atomic E-state index is -0.944. The first-order valence-electron chi connectivity index (χ1n) is 29.2. The van der Waals surface area contributed by atoms with Crippen molar-refractivity contribution in [1.29, 1.82) is 0 Å². The number of pyridine rings is 3. The Balaban J connectivity index is 0.000000139. The molecule has 3 aromatic carbocycles. The van der Waals surface area contributed by atoms with Gasteiger partial charge in [0, 0.05) is 81.2 Å². The fraction of sp³-hybridized carbons (Fsp3) is 0.381. The largest absolute Gasteiger partial charge is 0.503 e. The number of nitrogens with zero attached hydrogens (tertiary/aromatic N) is 7. The summed E-state index contributed by atoms with van der Waals surface area (Å²) in [6.07, 6.45) is 4.57. The number of fused-ring (bicyclic) bond motifs is 8. The summed E-state index contributed by atoms with van der Waals surface area (Å²) in [5.74, 6) is -10.0. The second kappa shape index (κ2) is 25.0. The van der Waals surface area contributed by atoms with Gasteiger partial charge in [-0.15, -0.1) is 0 Å². The van der Waals surface area contributed by atoms with E-state index in [0.29, 0.717) is 32.7 Å². The van der Waals surface area contributed by atoms with Crippen molar-refractivity contribution in [2.24, 2.45) is 0 Å². The number of rotatable bonds is 12. The molecule has 6 atom stereocenters. The van der Waals surface area contributed by atoms with E-state index in [1.807, 2.05) is 6.92 Å². The molecule has 3 aromatic heterocycles. The molecule has 27 heteroatoms. The number of aryl methyl sites for hydroxylation is 3. The highest BCUT2D eigenvalue weighted by Gasteiger charge is 2.49. The summed E-state index contributed by atoms with van der Waals surface area (Å²) >= 11 is 0. The maximum Gasteiger partial charge on any atom is 0.276 e. The van der Waals surface area contributed by atoms with Gasteiger partial charge < -0.3 is 53.2 Å². The van der Waals surface area contributed by atoms with Gasteiger partial charge >= 0.3 is 0 Å². The maximum atomic E-state index is 13.8. The van der Waals surface area contributed by atoms with Gasteiger partial charge in [-0.2, -0.15) is 0 Å². The topological polar surface area (TPSA) is 261 Å². The molecular weight excluding hydrogens is 1190 g/mol. The lowest BCUT2D eigenvalue weighted by molar-refractivity contribution is -0.112. The van der Waals surface area contributed by atoms with Crippen LogP contribution in [0.15, 0.2) is 87.6 Å². The molecule has 7 aliphatic rings. The molecule has 6 aromatic rings. The molecule has 4 fully saturated rings. The number of carbonyl (C=O) groups is 6. The van der Waals surface area contributed by atoms with E-state index in [4.69, 9.17) is 9.47 Å². The monoisotopic (exact) mass is 1250 g/mol. The zero-order valence-electron chi connectivity index (χ0n) is 48.4. The number of amides is 3. The van der Waals surface area contributed by atoms with E-state index >= 15 is 0 Å². The van der Waals surface area contributed by atoms with E-state index in [1.54, 1.807) is 11.8 Å². The van der Waals surface area contributed by atoms with Gasteiger partial charge in [0.2, 0.25) is 16.3 Å². The van der Waals surface area contributed by atoms with Crippen molar-refractivity contribution in [3.8, 4) is 17.2 Å². The average molecular weight is 1250 g/mol. The van der Waals surface area contributed by atoms with Crippen LogP contribution in [0, 0.1) is 34.9 Å². The minimum absolute atomic E-state index is 0.0162. The summed E-state index contributed by atoms with van der Waals surface area (Å²) in [7, 11) is 0. The van der Waals surface area contributed by atoms with Crippen LogP contribution in [0.5, 0.6) is 17.2 Å². The highest BCUT2D eigenvalue weighted by atomic mass is 19.2. The van der Waals surface area contributed by atoms with Crippen LogP contribution < -0.4 is 16.3 Å². The molecule has 3 N–H and O–H groups in total. The minimum Gasteiger partial charge on any atom is -0.503 e. The van der Waals surface area contributed by atoms with Crippen molar-refractivity contribution in [3.63, 3.8) is 0 Å². The molecule has 0 bridgehead atoms. The zero-order valence-corrected chi connectivity index (χ0v) is 48.4. The summed E-state index contributed by atoms with van der Waals surface area (Å²) in [5.41, 5.74) is -3.60. The molecule has 4 saturated heterocycles. The number of carbonyl (C=O) groups excluding carboxylic acids is 6. The van der Waals surface area contributed by atoms with Crippen molar-refractivity contribution < 1.29 is 79.9 Å². The van der Waals surface area contributed by atoms with Crippen LogP contribution in [-0.4, -0.2) is 147 Å². The lowest BCUT2D eigenvalue weighted by atomic mass is 10.0. The second-order valence-corrected chi connectivity index (χ2v) is 23.1. The Hall–Kier alpha value is -9.21. The van der Waals surface area contributed by atoms with Crippen molar-refractivity contribution in [2.45, 2.75) is 128 Å². The highest BCUT2D eigenvalue weighted by molar-refractivity contribution is 6.02. The Morgan fingerprint density at radius 1 is 0.511 bits per heavy atom. The van der Waals surface area contributed by atoms with Crippen LogP contribution in [-0.2, 0) is 48.4 Å². The first-order valence-corrected chi connectivity index (χ1v) is 29.2. The number of ketones is 3. The number of benzene rings is 3. The second-order valence-electron chi connectivity index (χ2n) is 23.1. The van der Waals surface area contributed by atoms with Crippen LogP contribution in [0.3, 0.4) is 0 Å². The molecule has 0 aliphatic carbocycles. The Morgan fingerprint density at radius 2 is 0.911 bits per heavy atom. The molecule has 1 unspecified atom stereocenters. The maximum absolute atomic E-state index is 13.8. The molecule has 0 saturated carbocycles. The number of aromatic hydroxyl groups is 3. The van der Waals surface area contributed by atoms with Crippen molar-refractivity contribution >= 4 is 35.1 Å². The van der Waals surface area contributed by atoms with Crippen LogP contribution in [0.1, 0.15) is 132 Å². The Kier molecular flexibility index (Phi) is 17.3. The quantitative estimate of drug-likeness (QED) is 0.0939. The van der Waals surface area contributed by atoms with Gasteiger partial charge in [-0.3, -0.25) is 48.1 Å². The first-order chi connectivity index (χ1) is 42.9. The lowest BCUT2D eigenvalue weighted by Gasteiger charge is -2.44. The van der Waals surface area contributed by atoms with Crippen molar-refractivity contribution in [2.75, 3.05) is 26.3 Å². The Bertz CT molecular complexity index is 4170. The third-order valence-corrected chi connectivity index (χ3v) is 17.5. The summed E-state index contributed by atoms with van der Waals surface area (Å²) in [4.78, 5) is 121. The van der Waals surface area contributed by atoms with Crippen molar-refractivity contribution in [3.05, 3.63) is 189 Å². The number of halogens is 6. The summed E-state index contributed by atoms with van der Waals surface area (Å²) in [5, 5.41) is 31.2. The molecule has 10 heterocycles. The number of aromatic nitrogens is 3. The van der Waals surface area contributed by atoms with Crippen LogP contribution in [0.4, 0.5) is 26.3 Å². The molecule has 3 amide bonds. The Morgan fingerprint density at radius 3 is 1.34 bits per heavy atom. The first kappa shape index (κ1) is 62.4. The van der Waals surface area contributed by atoms with E-state index in [1.165, 1.54) is 60.3 Å². The number of ether oxygens (including phenoxy) is 2. The SMILES string of the molecule is C[C@@H]1CCOC2Cn3cc(C(=O)CCc4ccc(F)cc4F)c(=O)c(O)c3C(=O)N21.C[C@H]1CO[C@@H]2Cn3cc(C(=O)CCc4ccc(F)cc4F)c(=O)c(O)c3C(=O)N12.O=C(CCc1ccc(F)cc1F)c1cn2c(c(O)c1=O)C(=O)N1C[C@H]3CCCN3[C@@H]1C2. The summed E-state index contributed by atoms with van der Waals surface area (Å²) in [6, 6.07) is 9.18. The number of hydrogen-bond acceptors (Lipinski definition) is 15. The summed E-state index contributed by atoms with van der Waals surface area (Å²) < 4.78 is 95.9. The third-order valence-electron chi connectivity index (χ3n) is 17.5. The Labute approximate surface area is 507 Å². The normalized spacial score (nSPS) is 21.2. The van der Waals surface area contributed by atoms with Crippen molar-refractivity contribution in [1.82, 2.24) is 33.3 Å². The van der Waals surface area contributed by atoms with E-state index in [2.05, 4.69) is 4.90 Å². The van der Waals surface area contributed by atoms with Crippen LogP contribution >= 0.6 is 0 Å². The predicted octanol–water partition coefficient (Wildman–Crippen LogP) is 5.99. The molecule has 7 aliphatic heterocycles. The molecular formula is C63H59F6N7O14. The molecule has 472 valence electrons. The summed E-state index contributed by atoms with van der Waals surface area (Å²) in [6.45, 7) is 6.64. The van der Waals surface area contributed by atoms with Crippen LogP contribution in [0.25, 0.3) is 0 Å². The molecule has 0 spiro atoms. The van der Waals surface area contributed by atoms with Gasteiger partial charge in [-0.05, 0) is 87.3 Å².